The van der Waals surface area contributed by atoms with Crippen molar-refractivity contribution in [2.75, 3.05) is 23.3 Å². The maximum absolute atomic E-state index is 13.1. The summed E-state index contributed by atoms with van der Waals surface area (Å²) in [5, 5.41) is 14.2. The third-order valence-corrected chi connectivity index (χ3v) is 6.61. The number of anilines is 2. The molecule has 1 saturated heterocycles. The van der Waals surface area contributed by atoms with Gasteiger partial charge in [0, 0.05) is 48.9 Å². The van der Waals surface area contributed by atoms with Gasteiger partial charge in [0.1, 0.15) is 11.3 Å². The predicted octanol–water partition coefficient (Wildman–Crippen LogP) is 2.55. The second-order valence-electron chi connectivity index (χ2n) is 8.80. The Kier molecular flexibility index (Phi) is 5.11. The second-order valence-corrected chi connectivity index (χ2v) is 8.80. The molecule has 3 aromatic rings. The van der Waals surface area contributed by atoms with E-state index in [4.69, 9.17) is 5.73 Å². The Morgan fingerprint density at radius 3 is 2.81 bits per heavy atom. The van der Waals surface area contributed by atoms with E-state index in [2.05, 4.69) is 37.0 Å². The van der Waals surface area contributed by atoms with Gasteiger partial charge in [-0.3, -0.25) is 9.78 Å². The zero-order chi connectivity index (χ0) is 21.5. The van der Waals surface area contributed by atoms with Gasteiger partial charge in [-0.15, -0.1) is 0 Å². The number of hydrogen-bond donors (Lipinski definition) is 3. The molecule has 8 nitrogen and oxygen atoms in total. The van der Waals surface area contributed by atoms with Crippen molar-refractivity contribution in [3.05, 3.63) is 48.5 Å². The molecule has 31 heavy (non-hydrogen) atoms. The molecule has 3 atom stereocenters. The van der Waals surface area contributed by atoms with Gasteiger partial charge in [-0.2, -0.15) is 0 Å². The first-order valence-electron chi connectivity index (χ1n) is 10.9. The Balaban J connectivity index is 1.40. The topological polar surface area (TPSA) is 109 Å². The number of nitrogens with zero attached hydrogens (tertiary/aromatic N) is 4. The molecule has 4 N–H and O–H groups in total. The molecule has 162 valence electrons. The summed E-state index contributed by atoms with van der Waals surface area (Å²) in [6, 6.07) is 7.76. The number of hydrogen-bond acceptors (Lipinski definition) is 6. The number of nitrogens with one attached hydrogen (secondary N) is 1. The summed E-state index contributed by atoms with van der Waals surface area (Å²) in [5.74, 6) is -0.240. The number of carbonyl (C=O) groups excluding carboxylic acids is 1. The van der Waals surface area contributed by atoms with Crippen LogP contribution in [0.25, 0.3) is 11.0 Å². The molecule has 1 aliphatic carbocycles. The molecule has 1 amide bonds. The van der Waals surface area contributed by atoms with E-state index in [0.717, 1.165) is 29.6 Å². The third kappa shape index (κ3) is 3.66. The molecule has 1 saturated carbocycles. The average molecular weight is 421 g/mol. The number of piperidine rings is 1. The van der Waals surface area contributed by atoms with Crippen molar-refractivity contribution in [3.63, 3.8) is 0 Å². The highest BCUT2D eigenvalue weighted by Crippen LogP contribution is 2.34. The quantitative estimate of drug-likeness (QED) is 0.598. The van der Waals surface area contributed by atoms with Crippen LogP contribution in [0, 0.1) is 5.92 Å². The van der Waals surface area contributed by atoms with E-state index < -0.39 is 6.10 Å². The van der Waals surface area contributed by atoms with E-state index in [-0.39, 0.29) is 17.9 Å². The number of fused-ring (bicyclic) bond motifs is 1. The van der Waals surface area contributed by atoms with Crippen molar-refractivity contribution in [1.82, 2.24) is 14.5 Å². The predicted molar refractivity (Wildman–Crippen MR) is 120 cm³/mol. The van der Waals surface area contributed by atoms with Crippen molar-refractivity contribution in [2.24, 2.45) is 11.7 Å². The van der Waals surface area contributed by atoms with Crippen molar-refractivity contribution in [2.45, 2.75) is 44.4 Å². The summed E-state index contributed by atoms with van der Waals surface area (Å²) in [7, 11) is 0. The van der Waals surface area contributed by atoms with Crippen LogP contribution < -0.4 is 16.0 Å². The summed E-state index contributed by atoms with van der Waals surface area (Å²) in [4.78, 5) is 24.0. The van der Waals surface area contributed by atoms with Crippen LogP contribution in [-0.4, -0.2) is 50.8 Å². The lowest BCUT2D eigenvalue weighted by Crippen LogP contribution is -2.55. The maximum Gasteiger partial charge on any atom is 0.274 e. The highest BCUT2D eigenvalue weighted by Gasteiger charge is 2.32. The van der Waals surface area contributed by atoms with Crippen LogP contribution >= 0.6 is 0 Å². The zero-order valence-corrected chi connectivity index (χ0v) is 17.6. The minimum absolute atomic E-state index is 0.0313. The minimum atomic E-state index is -0.529. The number of aliphatic hydroxyl groups excluding tert-OH is 1. The zero-order valence-electron chi connectivity index (χ0n) is 17.6. The molecule has 0 aromatic carbocycles. The smallest absolute Gasteiger partial charge is 0.274 e. The number of carbonyl (C=O) groups is 1. The summed E-state index contributed by atoms with van der Waals surface area (Å²) >= 11 is 0. The Hall–Kier alpha value is -2.97. The van der Waals surface area contributed by atoms with E-state index in [1.54, 1.807) is 18.5 Å². The van der Waals surface area contributed by atoms with Crippen LogP contribution in [0.15, 0.2) is 42.9 Å². The van der Waals surface area contributed by atoms with Gasteiger partial charge in [0.25, 0.3) is 5.91 Å². The van der Waals surface area contributed by atoms with Crippen molar-refractivity contribution in [3.8, 4) is 0 Å². The van der Waals surface area contributed by atoms with Crippen molar-refractivity contribution >= 4 is 28.3 Å². The molecule has 5 rings (SSSR count). The molecule has 0 bridgehead atoms. The summed E-state index contributed by atoms with van der Waals surface area (Å²) < 4.78 is 2.19. The number of aliphatic hydroxyl groups is 1. The lowest BCUT2D eigenvalue weighted by Gasteiger charge is -2.40. The van der Waals surface area contributed by atoms with Crippen LogP contribution in [0.4, 0.5) is 11.4 Å². The summed E-state index contributed by atoms with van der Waals surface area (Å²) in [5.41, 5.74) is 8.81. The summed E-state index contributed by atoms with van der Waals surface area (Å²) in [6.45, 7) is 3.14. The highest BCUT2D eigenvalue weighted by molar-refractivity contribution is 6.05. The van der Waals surface area contributed by atoms with Gasteiger partial charge >= 0.3 is 0 Å². The average Bonchev–Trinajstić information content (AvgIpc) is 3.13. The van der Waals surface area contributed by atoms with E-state index in [9.17, 15) is 9.90 Å². The van der Waals surface area contributed by atoms with Crippen LogP contribution in [0.5, 0.6) is 0 Å². The number of pyridine rings is 2. The molecular formula is C23H28N6O2. The first-order chi connectivity index (χ1) is 15.0. The van der Waals surface area contributed by atoms with E-state index >= 15 is 0 Å². The first kappa shape index (κ1) is 20.0. The lowest BCUT2D eigenvalue weighted by molar-refractivity contribution is 0.0785. The van der Waals surface area contributed by atoms with Gasteiger partial charge in [-0.05, 0) is 43.5 Å². The lowest BCUT2D eigenvalue weighted by atomic mass is 9.92. The number of amides is 1. The van der Waals surface area contributed by atoms with Crippen LogP contribution in [0.2, 0.25) is 0 Å². The Morgan fingerprint density at radius 2 is 2.06 bits per heavy atom. The van der Waals surface area contributed by atoms with Gasteiger partial charge in [-0.1, -0.05) is 6.92 Å². The fourth-order valence-corrected chi connectivity index (χ4v) is 4.57. The fraction of sp³-hybridized carbons (Fsp3) is 0.435. The normalized spacial score (nSPS) is 24.2. The van der Waals surface area contributed by atoms with Gasteiger partial charge in [0.05, 0.1) is 23.7 Å². The monoisotopic (exact) mass is 420 g/mol. The first-order valence-corrected chi connectivity index (χ1v) is 10.9. The molecule has 2 aliphatic rings. The molecule has 0 unspecified atom stereocenters. The molecular weight excluding hydrogens is 392 g/mol. The highest BCUT2D eigenvalue weighted by atomic mass is 16.3. The van der Waals surface area contributed by atoms with Gasteiger partial charge in [0.15, 0.2) is 0 Å². The minimum Gasteiger partial charge on any atom is -0.391 e. The van der Waals surface area contributed by atoms with Crippen molar-refractivity contribution in [1.29, 1.82) is 0 Å². The second kappa shape index (κ2) is 7.94. The van der Waals surface area contributed by atoms with E-state index in [0.29, 0.717) is 30.5 Å². The molecule has 2 fully saturated rings. The summed E-state index contributed by atoms with van der Waals surface area (Å²) in [6.07, 6.45) is 8.44. The molecule has 4 heterocycles. The number of rotatable bonds is 4. The molecule has 0 spiro atoms. The van der Waals surface area contributed by atoms with E-state index in [1.807, 2.05) is 19.1 Å². The van der Waals surface area contributed by atoms with Crippen LogP contribution in [0.1, 0.15) is 42.7 Å². The Bertz CT molecular complexity index is 1100. The molecule has 0 radical (unpaired) electrons. The Morgan fingerprint density at radius 1 is 1.23 bits per heavy atom. The number of aromatic nitrogens is 3. The molecule has 3 aromatic heterocycles. The largest absolute Gasteiger partial charge is 0.391 e. The molecule has 8 heteroatoms. The van der Waals surface area contributed by atoms with Gasteiger partial charge in [0.2, 0.25) is 0 Å². The standard InChI is InChI=1S/C23H28N6O2/c1-14-12-28(13-17(24)21(14)30)20-7-9-25-11-19(20)27-23(31)18-6-5-15-8-10-29(22(15)26-18)16-3-2-4-16/h5-11,14,16-17,21,30H,2-4,12-13,24H2,1H3,(H,27,31)/t14-,17+,21+/m0/s1. The van der Waals surface area contributed by atoms with Gasteiger partial charge < -0.3 is 25.6 Å². The van der Waals surface area contributed by atoms with Crippen molar-refractivity contribution < 1.29 is 9.90 Å². The maximum atomic E-state index is 13.1. The Labute approximate surface area is 181 Å². The third-order valence-electron chi connectivity index (χ3n) is 6.61. The fourth-order valence-electron chi connectivity index (χ4n) is 4.57. The SMILES string of the molecule is C[C@H]1CN(c2ccncc2NC(=O)c2ccc3ccn(C4CCC4)c3n2)C[C@@H](N)[C@@H]1O. The van der Waals surface area contributed by atoms with Crippen LogP contribution in [-0.2, 0) is 0 Å². The molecule has 1 aliphatic heterocycles. The van der Waals surface area contributed by atoms with E-state index in [1.165, 1.54) is 6.42 Å². The van der Waals surface area contributed by atoms with Gasteiger partial charge in [-0.25, -0.2) is 4.98 Å². The number of nitrogens with two attached hydrogens (primary N) is 1. The van der Waals surface area contributed by atoms with Crippen LogP contribution in [0.3, 0.4) is 0 Å².